The molecular weight excluding hydrogens is 570 g/mol. The number of likely N-dealkylation sites (N-methyl/N-ethyl adjacent to an activating group) is 1. The van der Waals surface area contributed by atoms with Gasteiger partial charge >= 0.3 is 0 Å². The third kappa shape index (κ3) is 10.3. The fraction of sp³-hybridized carbons (Fsp3) is 0.316. The normalized spacial score (nSPS) is 21.1. The molecule has 0 unspecified atom stereocenters. The van der Waals surface area contributed by atoms with Crippen LogP contribution in [0.3, 0.4) is 0 Å². The van der Waals surface area contributed by atoms with Crippen molar-refractivity contribution in [3.63, 3.8) is 0 Å². The SMILES string of the molecule is C=C/C=C/C=C(\C=C=C(C/C=C1\C=C=CC/C2=C(\C(=O)C1)N(C)C(=O)[C@H](C)OCC2)C(=C)C)CC[C@H](O)c1ccc(Cl)cc1. The summed E-state index contributed by atoms with van der Waals surface area (Å²) >= 11 is 5.99. The van der Waals surface area contributed by atoms with Crippen LogP contribution in [0.2, 0.25) is 5.02 Å². The number of allylic oxidation sites excluding steroid dienone is 11. The molecule has 0 saturated carbocycles. The van der Waals surface area contributed by atoms with Crippen molar-refractivity contribution in [3.8, 4) is 0 Å². The van der Waals surface area contributed by atoms with Crippen molar-refractivity contribution in [1.29, 1.82) is 0 Å². The average Bonchev–Trinajstić information content (AvgIpc) is 3.06. The molecule has 1 aliphatic heterocycles. The number of carbonyl (C=O) groups excluding carboxylic acids is 2. The molecule has 1 aromatic carbocycles. The summed E-state index contributed by atoms with van der Waals surface area (Å²) in [6.07, 6.45) is 16.8. The van der Waals surface area contributed by atoms with E-state index in [0.717, 1.165) is 33.4 Å². The monoisotopic (exact) mass is 611 g/mol. The van der Waals surface area contributed by atoms with Crippen molar-refractivity contribution in [2.75, 3.05) is 13.7 Å². The van der Waals surface area contributed by atoms with Crippen LogP contribution in [0, 0.1) is 0 Å². The van der Waals surface area contributed by atoms with Gasteiger partial charge in [0.2, 0.25) is 0 Å². The Morgan fingerprint density at radius 1 is 1.27 bits per heavy atom. The maximum Gasteiger partial charge on any atom is 0.255 e. The van der Waals surface area contributed by atoms with E-state index in [1.165, 1.54) is 4.90 Å². The minimum atomic E-state index is -0.624. The van der Waals surface area contributed by atoms with Crippen molar-refractivity contribution in [3.05, 3.63) is 142 Å². The van der Waals surface area contributed by atoms with Gasteiger partial charge in [-0.05, 0) is 104 Å². The van der Waals surface area contributed by atoms with E-state index < -0.39 is 12.2 Å². The lowest BCUT2D eigenvalue weighted by Crippen LogP contribution is -2.40. The van der Waals surface area contributed by atoms with E-state index in [2.05, 4.69) is 24.6 Å². The Balaban J connectivity index is 1.84. The Bertz CT molecular complexity index is 1510. The van der Waals surface area contributed by atoms with Gasteiger partial charge in [0, 0.05) is 24.1 Å². The minimum absolute atomic E-state index is 0.0978. The molecule has 3 rings (SSSR count). The highest BCUT2D eigenvalue weighted by Crippen LogP contribution is 2.27. The van der Waals surface area contributed by atoms with Gasteiger partial charge in [0.05, 0.1) is 18.4 Å². The number of carbonyl (C=O) groups is 2. The number of rotatable bonds is 10. The number of benzene rings is 1. The summed E-state index contributed by atoms with van der Waals surface area (Å²) < 4.78 is 5.64. The number of hydrogen-bond acceptors (Lipinski definition) is 4. The summed E-state index contributed by atoms with van der Waals surface area (Å²) in [5.74, 6) is -0.322. The van der Waals surface area contributed by atoms with E-state index in [1.807, 2.05) is 61.6 Å². The number of hydrogen-bond donors (Lipinski definition) is 1. The van der Waals surface area contributed by atoms with Crippen molar-refractivity contribution in [2.45, 2.75) is 64.6 Å². The minimum Gasteiger partial charge on any atom is -0.388 e. The lowest BCUT2D eigenvalue weighted by Gasteiger charge is -2.28. The molecule has 2 atom stereocenters. The largest absolute Gasteiger partial charge is 0.388 e. The van der Waals surface area contributed by atoms with Crippen LogP contribution in [0.4, 0.5) is 0 Å². The zero-order chi connectivity index (χ0) is 32.1. The summed E-state index contributed by atoms with van der Waals surface area (Å²) in [6, 6.07) is 7.22. The van der Waals surface area contributed by atoms with Crippen molar-refractivity contribution < 1.29 is 19.4 Å². The molecule has 0 spiro atoms. The van der Waals surface area contributed by atoms with Crippen LogP contribution >= 0.6 is 11.6 Å². The molecule has 230 valence electrons. The smallest absolute Gasteiger partial charge is 0.255 e. The van der Waals surface area contributed by atoms with Gasteiger partial charge in [0.25, 0.3) is 5.91 Å². The van der Waals surface area contributed by atoms with Crippen LogP contribution in [0.1, 0.15) is 64.0 Å². The first-order valence-electron chi connectivity index (χ1n) is 14.9. The third-order valence-corrected chi connectivity index (χ3v) is 7.77. The summed E-state index contributed by atoms with van der Waals surface area (Å²) in [5.41, 5.74) is 12.3. The Morgan fingerprint density at radius 3 is 2.73 bits per heavy atom. The number of aliphatic hydroxyl groups is 1. The van der Waals surface area contributed by atoms with Crippen molar-refractivity contribution in [1.82, 2.24) is 4.90 Å². The Morgan fingerprint density at radius 2 is 2.02 bits per heavy atom. The van der Waals surface area contributed by atoms with Gasteiger partial charge in [-0.1, -0.05) is 67.3 Å². The van der Waals surface area contributed by atoms with E-state index in [-0.39, 0.29) is 18.1 Å². The quantitative estimate of drug-likeness (QED) is 0.213. The number of amides is 1. The molecule has 0 saturated heterocycles. The molecule has 5 nitrogen and oxygen atoms in total. The first kappa shape index (κ1) is 34.5. The maximum absolute atomic E-state index is 13.6. The highest BCUT2D eigenvalue weighted by atomic mass is 35.5. The van der Waals surface area contributed by atoms with E-state index in [9.17, 15) is 14.7 Å². The molecular formula is C38H42ClNO4. The number of aliphatic hydroxyl groups excluding tert-OH is 1. The van der Waals surface area contributed by atoms with Crippen LogP contribution in [-0.4, -0.2) is 41.5 Å². The first-order valence-corrected chi connectivity index (χ1v) is 15.3. The molecule has 0 fully saturated rings. The molecule has 1 heterocycles. The van der Waals surface area contributed by atoms with Crippen LogP contribution in [-0.2, 0) is 14.3 Å². The zero-order valence-corrected chi connectivity index (χ0v) is 26.7. The van der Waals surface area contributed by atoms with Crippen molar-refractivity contribution in [2.24, 2.45) is 0 Å². The standard InChI is InChI=1S/C38H42ClNO4/c1-6-7-8-11-29(16-23-35(41)32-19-21-34(39)22-20-32)14-17-31(27(2)3)18-15-30-12-9-10-13-33-24-25-44-28(4)38(43)40(5)37(33)36(42)26-30/h6-8,10-12,14-15,19-22,28,35,41H,1-2,13,16,18,23-26H2,3-5H3/b8-7+,29-11+,30-15+,37-33-/t9?,17?,28-,35-/m0/s1. The second-order valence-electron chi connectivity index (χ2n) is 10.9. The number of Topliss-reactive ketones (excluding diaryl/α,β-unsaturated/α-hetero) is 1. The molecule has 44 heavy (non-hydrogen) atoms. The number of nitrogens with zero attached hydrogens (tertiary/aromatic N) is 1. The van der Waals surface area contributed by atoms with Crippen LogP contribution in [0.25, 0.3) is 0 Å². The van der Waals surface area contributed by atoms with E-state index in [4.69, 9.17) is 16.3 Å². The maximum atomic E-state index is 13.6. The van der Waals surface area contributed by atoms with Gasteiger partial charge in [0.15, 0.2) is 5.78 Å². The van der Waals surface area contributed by atoms with Crippen LogP contribution in [0.15, 0.2) is 131 Å². The fourth-order valence-electron chi connectivity index (χ4n) is 4.94. The predicted octanol–water partition coefficient (Wildman–Crippen LogP) is 8.39. The second kappa shape index (κ2) is 17.4. The summed E-state index contributed by atoms with van der Waals surface area (Å²) in [5, 5.41) is 11.4. The topological polar surface area (TPSA) is 66.8 Å². The number of ketones is 1. The predicted molar refractivity (Wildman–Crippen MR) is 179 cm³/mol. The lowest BCUT2D eigenvalue weighted by atomic mass is 9.97. The summed E-state index contributed by atoms with van der Waals surface area (Å²) in [4.78, 5) is 27.9. The van der Waals surface area contributed by atoms with E-state index in [1.54, 1.807) is 32.2 Å². The molecule has 1 N–H and O–H groups in total. The van der Waals surface area contributed by atoms with Gasteiger partial charge in [-0.3, -0.25) is 9.59 Å². The fourth-order valence-corrected chi connectivity index (χ4v) is 5.06. The zero-order valence-electron chi connectivity index (χ0n) is 25.9. The molecule has 0 radical (unpaired) electrons. The van der Waals surface area contributed by atoms with Gasteiger partial charge in [-0.25, -0.2) is 0 Å². The van der Waals surface area contributed by atoms with Gasteiger partial charge < -0.3 is 14.7 Å². The van der Waals surface area contributed by atoms with E-state index >= 15 is 0 Å². The van der Waals surface area contributed by atoms with Crippen LogP contribution in [0.5, 0.6) is 0 Å². The average molecular weight is 612 g/mol. The Kier molecular flexibility index (Phi) is 13.6. The highest BCUT2D eigenvalue weighted by Gasteiger charge is 2.29. The second-order valence-corrected chi connectivity index (χ2v) is 11.4. The molecule has 0 bridgehead atoms. The first-order chi connectivity index (χ1) is 21.1. The highest BCUT2D eigenvalue weighted by molar-refractivity contribution is 6.30. The summed E-state index contributed by atoms with van der Waals surface area (Å²) in [7, 11) is 1.65. The molecule has 0 aromatic heterocycles. The summed E-state index contributed by atoms with van der Waals surface area (Å²) in [6.45, 7) is 11.9. The molecule has 1 aromatic rings. The molecule has 1 aliphatic carbocycles. The van der Waals surface area contributed by atoms with Crippen LogP contribution < -0.4 is 0 Å². The molecule has 1 amide bonds. The third-order valence-electron chi connectivity index (χ3n) is 7.52. The van der Waals surface area contributed by atoms with Gasteiger partial charge in [-0.2, -0.15) is 0 Å². The molecule has 6 heteroatoms. The Labute approximate surface area is 266 Å². The van der Waals surface area contributed by atoms with Gasteiger partial charge in [0.1, 0.15) is 6.10 Å². The Hall–Kier alpha value is -3.95. The van der Waals surface area contributed by atoms with E-state index in [0.29, 0.717) is 49.4 Å². The lowest BCUT2D eigenvalue weighted by molar-refractivity contribution is -0.141. The molecule has 2 aliphatic rings. The van der Waals surface area contributed by atoms with Gasteiger partial charge in [-0.15, -0.1) is 11.5 Å². The number of halogens is 1. The van der Waals surface area contributed by atoms with Crippen molar-refractivity contribution >= 4 is 23.3 Å². The number of ether oxygens (including phenoxy) is 1.